The van der Waals surface area contributed by atoms with Crippen LogP contribution in [0.5, 0.6) is 0 Å². The standard InChI is InChI=1S/C9H11NOS2/c1-6-8(4-11)10-9(13-6)7-2-3-12-5-7/h2-3,5-6,8,11H,4H2,1H3/t6-,8-/m0/s1. The van der Waals surface area contributed by atoms with Gasteiger partial charge in [-0.1, -0.05) is 6.92 Å². The summed E-state index contributed by atoms with van der Waals surface area (Å²) in [5.41, 5.74) is 1.19. The van der Waals surface area contributed by atoms with E-state index in [0.29, 0.717) is 5.25 Å². The largest absolute Gasteiger partial charge is 0.394 e. The van der Waals surface area contributed by atoms with E-state index in [1.54, 1.807) is 23.1 Å². The summed E-state index contributed by atoms with van der Waals surface area (Å²) in [6, 6.07) is 2.16. The number of hydrogen-bond acceptors (Lipinski definition) is 4. The highest BCUT2D eigenvalue weighted by molar-refractivity contribution is 8.15. The Labute approximate surface area is 85.7 Å². The van der Waals surface area contributed by atoms with Crippen LogP contribution in [0.3, 0.4) is 0 Å². The predicted octanol–water partition coefficient (Wildman–Crippen LogP) is 1.99. The summed E-state index contributed by atoms with van der Waals surface area (Å²) in [7, 11) is 0. The minimum Gasteiger partial charge on any atom is -0.394 e. The van der Waals surface area contributed by atoms with Gasteiger partial charge in [0.05, 0.1) is 17.7 Å². The molecule has 1 aliphatic rings. The number of thioether (sulfide) groups is 1. The van der Waals surface area contributed by atoms with Gasteiger partial charge in [-0.05, 0) is 11.4 Å². The highest BCUT2D eigenvalue weighted by Gasteiger charge is 2.26. The van der Waals surface area contributed by atoms with Crippen LogP contribution in [-0.4, -0.2) is 28.0 Å². The van der Waals surface area contributed by atoms with Crippen LogP contribution < -0.4 is 0 Å². The van der Waals surface area contributed by atoms with Crippen molar-refractivity contribution in [1.82, 2.24) is 0 Å². The zero-order valence-corrected chi connectivity index (χ0v) is 8.94. The van der Waals surface area contributed by atoms with Gasteiger partial charge in [0.2, 0.25) is 0 Å². The summed E-state index contributed by atoms with van der Waals surface area (Å²) >= 11 is 3.43. The number of rotatable bonds is 2. The molecule has 0 aliphatic carbocycles. The summed E-state index contributed by atoms with van der Waals surface area (Å²) in [4.78, 5) is 4.47. The third-order valence-corrected chi connectivity index (χ3v) is 4.01. The SMILES string of the molecule is C[C@@H]1SC(c2ccsc2)=N[C@H]1CO. The lowest BCUT2D eigenvalue weighted by molar-refractivity contribution is 0.268. The molecule has 1 aliphatic heterocycles. The molecular formula is C9H11NOS2. The molecule has 0 spiro atoms. The van der Waals surface area contributed by atoms with Gasteiger partial charge < -0.3 is 5.11 Å². The van der Waals surface area contributed by atoms with Gasteiger partial charge in [0, 0.05) is 16.2 Å². The van der Waals surface area contributed by atoms with E-state index in [-0.39, 0.29) is 12.6 Å². The Kier molecular flexibility index (Phi) is 2.71. The quantitative estimate of drug-likeness (QED) is 0.815. The van der Waals surface area contributed by atoms with E-state index in [2.05, 4.69) is 28.7 Å². The van der Waals surface area contributed by atoms with Crippen molar-refractivity contribution in [3.05, 3.63) is 22.4 Å². The van der Waals surface area contributed by atoms with E-state index in [1.807, 2.05) is 0 Å². The molecule has 13 heavy (non-hydrogen) atoms. The number of aliphatic imine (C=N–C) groups is 1. The normalized spacial score (nSPS) is 27.7. The summed E-state index contributed by atoms with van der Waals surface area (Å²) in [5.74, 6) is 0. The highest BCUT2D eigenvalue weighted by atomic mass is 32.2. The average molecular weight is 213 g/mol. The third kappa shape index (κ3) is 1.80. The van der Waals surface area contributed by atoms with Crippen LogP contribution in [0.2, 0.25) is 0 Å². The molecule has 0 amide bonds. The van der Waals surface area contributed by atoms with Gasteiger partial charge in [-0.3, -0.25) is 4.99 Å². The van der Waals surface area contributed by atoms with Gasteiger partial charge in [-0.25, -0.2) is 0 Å². The van der Waals surface area contributed by atoms with Gasteiger partial charge in [0.1, 0.15) is 0 Å². The predicted molar refractivity (Wildman–Crippen MR) is 58.8 cm³/mol. The maximum absolute atomic E-state index is 9.03. The molecule has 0 fully saturated rings. The number of nitrogens with zero attached hydrogens (tertiary/aromatic N) is 1. The van der Waals surface area contributed by atoms with Crippen molar-refractivity contribution >= 4 is 28.1 Å². The minimum atomic E-state index is 0.0832. The van der Waals surface area contributed by atoms with Crippen molar-refractivity contribution < 1.29 is 5.11 Å². The molecule has 0 aromatic carbocycles. The van der Waals surface area contributed by atoms with Gasteiger partial charge in [0.15, 0.2) is 0 Å². The Morgan fingerprint density at radius 3 is 3.00 bits per heavy atom. The number of thiophene rings is 1. The van der Waals surface area contributed by atoms with E-state index in [9.17, 15) is 0 Å². The highest BCUT2D eigenvalue weighted by Crippen LogP contribution is 2.30. The number of aliphatic hydroxyl groups is 1. The fourth-order valence-electron chi connectivity index (χ4n) is 1.26. The van der Waals surface area contributed by atoms with Gasteiger partial charge >= 0.3 is 0 Å². The molecule has 0 radical (unpaired) electrons. The number of aliphatic hydroxyl groups excluding tert-OH is 1. The fourth-order valence-corrected chi connectivity index (χ4v) is 3.09. The molecular weight excluding hydrogens is 202 g/mol. The van der Waals surface area contributed by atoms with Crippen LogP contribution in [0.15, 0.2) is 21.8 Å². The topological polar surface area (TPSA) is 32.6 Å². The second-order valence-electron chi connectivity index (χ2n) is 3.02. The zero-order valence-electron chi connectivity index (χ0n) is 7.30. The van der Waals surface area contributed by atoms with Crippen molar-refractivity contribution in [3.8, 4) is 0 Å². The number of hydrogen-bond donors (Lipinski definition) is 1. The van der Waals surface area contributed by atoms with Gasteiger partial charge in [-0.2, -0.15) is 11.3 Å². The van der Waals surface area contributed by atoms with Crippen LogP contribution in [0.4, 0.5) is 0 Å². The molecule has 1 aromatic heterocycles. The van der Waals surface area contributed by atoms with E-state index in [1.165, 1.54) is 5.56 Å². The lowest BCUT2D eigenvalue weighted by Crippen LogP contribution is -2.17. The molecule has 0 bridgehead atoms. The summed E-state index contributed by atoms with van der Waals surface area (Å²) in [6.45, 7) is 2.26. The van der Waals surface area contributed by atoms with Crippen LogP contribution in [0, 0.1) is 0 Å². The first-order valence-electron chi connectivity index (χ1n) is 4.19. The minimum absolute atomic E-state index is 0.0832. The maximum Gasteiger partial charge on any atom is 0.0993 e. The van der Waals surface area contributed by atoms with E-state index in [0.717, 1.165) is 5.04 Å². The molecule has 2 atom stereocenters. The molecule has 1 N–H and O–H groups in total. The lowest BCUT2D eigenvalue weighted by Gasteiger charge is -2.06. The van der Waals surface area contributed by atoms with Gasteiger partial charge in [0.25, 0.3) is 0 Å². The van der Waals surface area contributed by atoms with Crippen molar-refractivity contribution in [2.24, 2.45) is 4.99 Å². The third-order valence-electron chi connectivity index (χ3n) is 2.08. The Bertz CT molecular complexity index is 307. The summed E-state index contributed by atoms with van der Waals surface area (Å²) in [5, 5.41) is 14.7. The maximum atomic E-state index is 9.03. The van der Waals surface area contributed by atoms with E-state index in [4.69, 9.17) is 5.11 Å². The molecule has 0 saturated carbocycles. The van der Waals surface area contributed by atoms with Crippen molar-refractivity contribution in [2.45, 2.75) is 18.2 Å². The Morgan fingerprint density at radius 1 is 1.62 bits per heavy atom. The Balaban J connectivity index is 2.19. The first-order chi connectivity index (χ1) is 6.31. The van der Waals surface area contributed by atoms with E-state index >= 15 is 0 Å². The fraction of sp³-hybridized carbons (Fsp3) is 0.444. The summed E-state index contributed by atoms with van der Waals surface area (Å²) in [6.07, 6.45) is 0. The zero-order chi connectivity index (χ0) is 9.26. The first-order valence-corrected chi connectivity index (χ1v) is 6.01. The monoisotopic (exact) mass is 213 g/mol. The Morgan fingerprint density at radius 2 is 2.46 bits per heavy atom. The van der Waals surface area contributed by atoms with Crippen LogP contribution in [0.1, 0.15) is 12.5 Å². The van der Waals surface area contributed by atoms with Gasteiger partial charge in [-0.15, -0.1) is 11.8 Å². The summed E-state index contributed by atoms with van der Waals surface area (Å²) < 4.78 is 0. The van der Waals surface area contributed by atoms with E-state index < -0.39 is 0 Å². The molecule has 0 unspecified atom stereocenters. The smallest absolute Gasteiger partial charge is 0.0993 e. The van der Waals surface area contributed by atoms with Crippen LogP contribution in [-0.2, 0) is 0 Å². The second-order valence-corrected chi connectivity index (χ2v) is 5.17. The Hall–Kier alpha value is -0.320. The average Bonchev–Trinajstić information content (AvgIpc) is 2.71. The molecule has 70 valence electrons. The van der Waals surface area contributed by atoms with Crippen molar-refractivity contribution in [3.63, 3.8) is 0 Å². The lowest BCUT2D eigenvalue weighted by atomic mass is 10.2. The van der Waals surface area contributed by atoms with Crippen LogP contribution in [0.25, 0.3) is 0 Å². The van der Waals surface area contributed by atoms with Crippen molar-refractivity contribution in [2.75, 3.05) is 6.61 Å². The molecule has 1 aromatic rings. The molecule has 0 saturated heterocycles. The molecule has 2 rings (SSSR count). The molecule has 2 heterocycles. The second kappa shape index (κ2) is 3.82. The first kappa shape index (κ1) is 9.24. The van der Waals surface area contributed by atoms with Crippen molar-refractivity contribution in [1.29, 1.82) is 0 Å². The molecule has 2 nitrogen and oxygen atoms in total. The molecule has 4 heteroatoms. The van der Waals surface area contributed by atoms with Crippen LogP contribution >= 0.6 is 23.1 Å².